The Morgan fingerprint density at radius 1 is 1.58 bits per heavy atom. The van der Waals surface area contributed by atoms with Crippen molar-refractivity contribution in [1.82, 2.24) is 19.7 Å². The van der Waals surface area contributed by atoms with Crippen LogP contribution >= 0.6 is 0 Å². The SMILES string of the molecule is Cn1[nH]c2c(N)ncnc2c1=O. The summed E-state index contributed by atoms with van der Waals surface area (Å²) in [7, 11) is 1.60. The highest BCUT2D eigenvalue weighted by molar-refractivity contribution is 5.82. The second-order valence-corrected chi connectivity index (χ2v) is 2.46. The molecule has 6 heteroatoms. The second-order valence-electron chi connectivity index (χ2n) is 2.46. The molecule has 0 spiro atoms. The number of H-pyrrole nitrogens is 1. The summed E-state index contributed by atoms with van der Waals surface area (Å²) in [6, 6.07) is 0. The third-order valence-corrected chi connectivity index (χ3v) is 1.66. The number of nitrogen functional groups attached to an aromatic ring is 1. The molecule has 6 nitrogen and oxygen atoms in total. The van der Waals surface area contributed by atoms with Crippen molar-refractivity contribution in [2.45, 2.75) is 0 Å². The zero-order chi connectivity index (χ0) is 8.72. The summed E-state index contributed by atoms with van der Waals surface area (Å²) in [6.45, 7) is 0. The monoisotopic (exact) mass is 165 g/mol. The van der Waals surface area contributed by atoms with E-state index in [2.05, 4.69) is 15.1 Å². The number of nitrogens with one attached hydrogen (secondary N) is 1. The molecule has 0 atom stereocenters. The van der Waals surface area contributed by atoms with Crippen LogP contribution in [-0.4, -0.2) is 19.7 Å². The standard InChI is InChI=1S/C6H7N5O/c1-11-6(12)4-3(10-11)5(7)9-2-8-4/h2,10H,1H3,(H2,7,8,9). The van der Waals surface area contributed by atoms with Crippen molar-refractivity contribution >= 4 is 16.9 Å². The minimum Gasteiger partial charge on any atom is -0.382 e. The maximum Gasteiger partial charge on any atom is 0.292 e. The number of nitrogens with two attached hydrogens (primary N) is 1. The van der Waals surface area contributed by atoms with Crippen LogP contribution in [0.4, 0.5) is 5.82 Å². The normalized spacial score (nSPS) is 10.8. The van der Waals surface area contributed by atoms with E-state index in [0.717, 1.165) is 0 Å². The fraction of sp³-hybridized carbons (Fsp3) is 0.167. The van der Waals surface area contributed by atoms with Gasteiger partial charge in [-0.25, -0.2) is 9.97 Å². The van der Waals surface area contributed by atoms with Gasteiger partial charge in [-0.3, -0.25) is 14.6 Å². The molecule has 2 rings (SSSR count). The summed E-state index contributed by atoms with van der Waals surface area (Å²) in [5, 5.41) is 2.75. The van der Waals surface area contributed by atoms with Gasteiger partial charge in [0.2, 0.25) is 0 Å². The number of hydrogen-bond acceptors (Lipinski definition) is 4. The van der Waals surface area contributed by atoms with Crippen LogP contribution in [0.3, 0.4) is 0 Å². The van der Waals surface area contributed by atoms with E-state index in [9.17, 15) is 4.79 Å². The van der Waals surface area contributed by atoms with Crippen molar-refractivity contribution < 1.29 is 0 Å². The van der Waals surface area contributed by atoms with E-state index < -0.39 is 0 Å². The number of aryl methyl sites for hydroxylation is 1. The van der Waals surface area contributed by atoms with Crippen LogP contribution in [-0.2, 0) is 7.05 Å². The van der Waals surface area contributed by atoms with Gasteiger partial charge >= 0.3 is 0 Å². The summed E-state index contributed by atoms with van der Waals surface area (Å²) in [5.74, 6) is 0.290. The van der Waals surface area contributed by atoms with E-state index in [4.69, 9.17) is 5.73 Å². The van der Waals surface area contributed by atoms with E-state index in [1.165, 1.54) is 11.0 Å². The van der Waals surface area contributed by atoms with Gasteiger partial charge in [-0.05, 0) is 0 Å². The highest BCUT2D eigenvalue weighted by Gasteiger charge is 2.07. The topological polar surface area (TPSA) is 89.6 Å². The Labute approximate surface area is 67.0 Å². The summed E-state index contributed by atoms with van der Waals surface area (Å²) < 4.78 is 1.32. The second kappa shape index (κ2) is 2.07. The number of anilines is 1. The molecule has 0 fully saturated rings. The van der Waals surface area contributed by atoms with Crippen molar-refractivity contribution in [1.29, 1.82) is 0 Å². The Kier molecular flexibility index (Phi) is 1.18. The van der Waals surface area contributed by atoms with Crippen molar-refractivity contribution in [3.8, 4) is 0 Å². The average molecular weight is 165 g/mol. The molecule has 0 amide bonds. The van der Waals surface area contributed by atoms with Gasteiger partial charge in [-0.15, -0.1) is 0 Å². The van der Waals surface area contributed by atoms with E-state index in [0.29, 0.717) is 11.0 Å². The molecule has 0 saturated heterocycles. The lowest BCUT2D eigenvalue weighted by atomic mass is 10.4. The van der Waals surface area contributed by atoms with E-state index in [1.807, 2.05) is 0 Å². The predicted octanol–water partition coefficient (Wildman–Crippen LogP) is -0.761. The van der Waals surface area contributed by atoms with Gasteiger partial charge in [0.1, 0.15) is 11.8 Å². The number of aromatic amines is 1. The van der Waals surface area contributed by atoms with Gasteiger partial charge < -0.3 is 5.73 Å². The molecule has 0 bridgehead atoms. The molecule has 2 aromatic heterocycles. The minimum absolute atomic E-state index is 0.195. The fourth-order valence-electron chi connectivity index (χ4n) is 1.05. The van der Waals surface area contributed by atoms with Crippen LogP contribution in [0.15, 0.2) is 11.1 Å². The molecule has 0 aliphatic carbocycles. The van der Waals surface area contributed by atoms with Crippen LogP contribution in [0.25, 0.3) is 11.0 Å². The largest absolute Gasteiger partial charge is 0.382 e. The van der Waals surface area contributed by atoms with Gasteiger partial charge in [0.05, 0.1) is 0 Å². The van der Waals surface area contributed by atoms with Crippen molar-refractivity contribution in [2.24, 2.45) is 7.05 Å². The zero-order valence-electron chi connectivity index (χ0n) is 6.40. The lowest BCUT2D eigenvalue weighted by Crippen LogP contribution is -2.11. The third-order valence-electron chi connectivity index (χ3n) is 1.66. The van der Waals surface area contributed by atoms with Crippen LogP contribution in [0.1, 0.15) is 0 Å². The molecule has 0 aliphatic rings. The maximum atomic E-state index is 11.3. The highest BCUT2D eigenvalue weighted by atomic mass is 16.1. The Hall–Kier alpha value is -1.85. The molecule has 0 aliphatic heterocycles. The summed E-state index contributed by atoms with van der Waals surface area (Å²) in [5.41, 5.74) is 6.12. The average Bonchev–Trinajstić information content (AvgIpc) is 2.32. The smallest absolute Gasteiger partial charge is 0.292 e. The van der Waals surface area contributed by atoms with Crippen LogP contribution in [0, 0.1) is 0 Å². The molecular weight excluding hydrogens is 158 g/mol. The van der Waals surface area contributed by atoms with Crippen molar-refractivity contribution in [2.75, 3.05) is 5.73 Å². The molecular formula is C6H7N5O. The number of nitrogens with zero attached hydrogens (tertiary/aromatic N) is 3. The number of hydrogen-bond donors (Lipinski definition) is 2. The first-order chi connectivity index (χ1) is 5.70. The summed E-state index contributed by atoms with van der Waals surface area (Å²) in [6.07, 6.45) is 1.27. The van der Waals surface area contributed by atoms with E-state index >= 15 is 0 Å². The summed E-state index contributed by atoms with van der Waals surface area (Å²) in [4.78, 5) is 18.8. The molecule has 0 aromatic carbocycles. The molecule has 2 aromatic rings. The third kappa shape index (κ3) is 0.714. The Bertz CT molecular complexity index is 482. The first kappa shape index (κ1) is 6.84. The van der Waals surface area contributed by atoms with Gasteiger partial charge in [0.25, 0.3) is 5.56 Å². The van der Waals surface area contributed by atoms with E-state index in [1.54, 1.807) is 7.05 Å². The maximum absolute atomic E-state index is 11.3. The van der Waals surface area contributed by atoms with Gasteiger partial charge in [0, 0.05) is 7.05 Å². The summed E-state index contributed by atoms with van der Waals surface area (Å²) >= 11 is 0. The Balaban J connectivity index is 3.05. The highest BCUT2D eigenvalue weighted by Crippen LogP contribution is 2.08. The molecule has 0 unspecified atom stereocenters. The number of rotatable bonds is 0. The molecule has 0 radical (unpaired) electrons. The molecule has 62 valence electrons. The lowest BCUT2D eigenvalue weighted by Gasteiger charge is -1.89. The Morgan fingerprint density at radius 3 is 3.00 bits per heavy atom. The Morgan fingerprint density at radius 2 is 2.33 bits per heavy atom. The van der Waals surface area contributed by atoms with Crippen molar-refractivity contribution in [3.05, 3.63) is 16.7 Å². The van der Waals surface area contributed by atoms with Gasteiger partial charge in [-0.1, -0.05) is 0 Å². The molecule has 2 heterocycles. The predicted molar refractivity (Wildman–Crippen MR) is 43.5 cm³/mol. The minimum atomic E-state index is -0.195. The molecule has 0 saturated carbocycles. The lowest BCUT2D eigenvalue weighted by molar-refractivity contribution is 0.750. The fourth-order valence-corrected chi connectivity index (χ4v) is 1.05. The van der Waals surface area contributed by atoms with Gasteiger partial charge in [-0.2, -0.15) is 0 Å². The quantitative estimate of drug-likeness (QED) is 0.536. The van der Waals surface area contributed by atoms with Crippen LogP contribution in [0.5, 0.6) is 0 Å². The molecule has 3 N–H and O–H groups in total. The number of aromatic nitrogens is 4. The van der Waals surface area contributed by atoms with Crippen LogP contribution in [0.2, 0.25) is 0 Å². The first-order valence-electron chi connectivity index (χ1n) is 3.35. The van der Waals surface area contributed by atoms with Crippen molar-refractivity contribution in [3.63, 3.8) is 0 Å². The first-order valence-corrected chi connectivity index (χ1v) is 3.35. The zero-order valence-corrected chi connectivity index (χ0v) is 6.40. The number of fused-ring (bicyclic) bond motifs is 1. The van der Waals surface area contributed by atoms with E-state index in [-0.39, 0.29) is 11.4 Å². The van der Waals surface area contributed by atoms with Gasteiger partial charge in [0.15, 0.2) is 11.3 Å². The molecule has 12 heavy (non-hydrogen) atoms. The van der Waals surface area contributed by atoms with Crippen LogP contribution < -0.4 is 11.3 Å².